The molecule has 0 aliphatic heterocycles. The van der Waals surface area contributed by atoms with Crippen LogP contribution in [0, 0.1) is 0 Å². The summed E-state index contributed by atoms with van der Waals surface area (Å²) in [5.74, 6) is 0.979. The van der Waals surface area contributed by atoms with Gasteiger partial charge in [-0.05, 0) is 37.3 Å². The van der Waals surface area contributed by atoms with Crippen LogP contribution in [-0.2, 0) is 6.61 Å². The van der Waals surface area contributed by atoms with Crippen molar-refractivity contribution in [2.24, 2.45) is 0 Å². The van der Waals surface area contributed by atoms with Gasteiger partial charge in [-0.3, -0.25) is 0 Å². The molecule has 0 radical (unpaired) electrons. The second-order valence-electron chi connectivity index (χ2n) is 5.83. The highest BCUT2D eigenvalue weighted by Gasteiger charge is 2.10. The lowest BCUT2D eigenvalue weighted by atomic mass is 10.1. The van der Waals surface area contributed by atoms with Crippen LogP contribution in [0.15, 0.2) is 12.1 Å². The summed E-state index contributed by atoms with van der Waals surface area (Å²) >= 11 is 0. The van der Waals surface area contributed by atoms with Gasteiger partial charge in [0.25, 0.3) is 0 Å². The number of ether oxygens (including phenoxy) is 1. The van der Waals surface area contributed by atoms with E-state index in [0.29, 0.717) is 11.8 Å². The summed E-state index contributed by atoms with van der Waals surface area (Å²) < 4.78 is 5.91. The zero-order valence-electron chi connectivity index (χ0n) is 13.4. The van der Waals surface area contributed by atoms with Crippen LogP contribution in [0.3, 0.4) is 0 Å². The van der Waals surface area contributed by atoms with Gasteiger partial charge in [0.2, 0.25) is 5.88 Å². The third-order valence-electron chi connectivity index (χ3n) is 3.44. The summed E-state index contributed by atoms with van der Waals surface area (Å²) in [5.41, 5.74) is 1.85. The molecule has 1 aromatic heterocycles. The van der Waals surface area contributed by atoms with Crippen molar-refractivity contribution in [2.45, 2.75) is 78.4 Å². The van der Waals surface area contributed by atoms with Gasteiger partial charge in [0.1, 0.15) is 0 Å². The fraction of sp³-hybridized carbons (Fsp3) is 0.706. The molecule has 0 bridgehead atoms. The number of nitrogens with zero attached hydrogens (tertiary/aromatic N) is 1. The van der Waals surface area contributed by atoms with Gasteiger partial charge in [-0.15, -0.1) is 0 Å². The second-order valence-corrected chi connectivity index (χ2v) is 5.83. The van der Waals surface area contributed by atoms with E-state index in [2.05, 4.69) is 32.7 Å². The van der Waals surface area contributed by atoms with Crippen LogP contribution in [-0.4, -0.2) is 16.2 Å². The predicted molar refractivity (Wildman–Crippen MR) is 83.1 cm³/mol. The monoisotopic (exact) mass is 279 g/mol. The van der Waals surface area contributed by atoms with Gasteiger partial charge in [0, 0.05) is 11.8 Å². The molecular formula is C17H29NO2. The van der Waals surface area contributed by atoms with E-state index >= 15 is 0 Å². The van der Waals surface area contributed by atoms with Crippen LogP contribution in [0.4, 0.5) is 0 Å². The first-order chi connectivity index (χ1) is 9.56. The van der Waals surface area contributed by atoms with Gasteiger partial charge in [0.05, 0.1) is 12.7 Å². The average Bonchev–Trinajstić information content (AvgIpc) is 2.43. The second kappa shape index (κ2) is 8.96. The number of rotatable bonds is 9. The molecule has 1 heterocycles. The summed E-state index contributed by atoms with van der Waals surface area (Å²) in [6.45, 7) is 8.54. The van der Waals surface area contributed by atoms with Gasteiger partial charge < -0.3 is 9.84 Å². The predicted octanol–water partition coefficient (Wildman–Crippen LogP) is 4.44. The molecule has 1 unspecified atom stereocenters. The zero-order chi connectivity index (χ0) is 15.0. The van der Waals surface area contributed by atoms with E-state index in [1.165, 1.54) is 25.7 Å². The molecule has 3 heteroatoms. The Labute approximate surface area is 123 Å². The van der Waals surface area contributed by atoms with Gasteiger partial charge >= 0.3 is 0 Å². The summed E-state index contributed by atoms with van der Waals surface area (Å²) in [4.78, 5) is 4.53. The Morgan fingerprint density at radius 3 is 2.50 bits per heavy atom. The number of hydrogen-bond donors (Lipinski definition) is 1. The Morgan fingerprint density at radius 1 is 1.15 bits per heavy atom. The lowest BCUT2D eigenvalue weighted by Gasteiger charge is -2.16. The van der Waals surface area contributed by atoms with Crippen LogP contribution in [0.5, 0.6) is 5.88 Å². The molecule has 0 aliphatic rings. The summed E-state index contributed by atoms with van der Waals surface area (Å²) in [7, 11) is 0. The minimum atomic E-state index is 0.0312. The van der Waals surface area contributed by atoms with Gasteiger partial charge in [-0.2, -0.15) is 0 Å². The number of aliphatic hydroxyl groups is 1. The molecule has 3 nitrogen and oxygen atoms in total. The quantitative estimate of drug-likeness (QED) is 0.680. The lowest BCUT2D eigenvalue weighted by Crippen LogP contribution is -2.13. The third kappa shape index (κ3) is 5.91. The Hall–Kier alpha value is -1.09. The van der Waals surface area contributed by atoms with Gasteiger partial charge in [-0.25, -0.2) is 4.98 Å². The largest absolute Gasteiger partial charge is 0.475 e. The van der Waals surface area contributed by atoms with E-state index < -0.39 is 0 Å². The molecule has 0 fully saturated rings. The molecular weight excluding hydrogens is 250 g/mol. The molecule has 20 heavy (non-hydrogen) atoms. The Kier molecular flexibility index (Phi) is 7.60. The van der Waals surface area contributed by atoms with Crippen molar-refractivity contribution in [2.75, 3.05) is 0 Å². The van der Waals surface area contributed by atoms with Crippen molar-refractivity contribution in [3.8, 4) is 5.88 Å². The maximum absolute atomic E-state index is 9.32. The summed E-state index contributed by atoms with van der Waals surface area (Å²) in [6, 6.07) is 3.79. The molecule has 1 rings (SSSR count). The van der Waals surface area contributed by atoms with E-state index in [4.69, 9.17) is 4.74 Å². The molecule has 0 saturated carbocycles. The summed E-state index contributed by atoms with van der Waals surface area (Å²) in [5, 5.41) is 9.32. The van der Waals surface area contributed by atoms with Crippen molar-refractivity contribution < 1.29 is 9.84 Å². The highest BCUT2D eigenvalue weighted by Crippen LogP contribution is 2.21. The number of aliphatic hydroxyl groups excluding tert-OH is 1. The zero-order valence-corrected chi connectivity index (χ0v) is 13.4. The van der Waals surface area contributed by atoms with Crippen molar-refractivity contribution in [3.05, 3.63) is 23.4 Å². The lowest BCUT2D eigenvalue weighted by molar-refractivity contribution is 0.196. The van der Waals surface area contributed by atoms with Crippen molar-refractivity contribution in [3.63, 3.8) is 0 Å². The standard InChI is InChI=1S/C17H29NO2/c1-5-6-7-8-9-14(4)20-17-11-15(12-19)10-16(18-17)13(2)3/h10-11,13-14,19H,5-9,12H2,1-4H3. The first-order valence-corrected chi connectivity index (χ1v) is 7.85. The Balaban J connectivity index is 2.59. The molecule has 0 spiro atoms. The van der Waals surface area contributed by atoms with E-state index in [0.717, 1.165) is 17.7 Å². The molecule has 0 aliphatic carbocycles. The number of pyridine rings is 1. The molecule has 0 aromatic carbocycles. The normalized spacial score (nSPS) is 12.7. The van der Waals surface area contributed by atoms with E-state index in [1.807, 2.05) is 12.1 Å². The first kappa shape index (κ1) is 17.0. The topological polar surface area (TPSA) is 42.4 Å². The molecule has 0 amide bonds. The van der Waals surface area contributed by atoms with E-state index in [9.17, 15) is 5.11 Å². The minimum Gasteiger partial charge on any atom is -0.475 e. The molecule has 1 aromatic rings. The van der Waals surface area contributed by atoms with Crippen molar-refractivity contribution >= 4 is 0 Å². The van der Waals surface area contributed by atoms with Crippen LogP contribution >= 0.6 is 0 Å². The first-order valence-electron chi connectivity index (χ1n) is 7.85. The third-order valence-corrected chi connectivity index (χ3v) is 3.44. The van der Waals surface area contributed by atoms with E-state index in [-0.39, 0.29) is 12.7 Å². The van der Waals surface area contributed by atoms with Gasteiger partial charge in [-0.1, -0.05) is 40.0 Å². The van der Waals surface area contributed by atoms with Crippen molar-refractivity contribution in [1.82, 2.24) is 4.98 Å². The SMILES string of the molecule is CCCCCCC(C)Oc1cc(CO)cc(C(C)C)n1. The average molecular weight is 279 g/mol. The highest BCUT2D eigenvalue weighted by molar-refractivity contribution is 5.26. The van der Waals surface area contributed by atoms with Crippen LogP contribution < -0.4 is 4.74 Å². The van der Waals surface area contributed by atoms with Crippen molar-refractivity contribution in [1.29, 1.82) is 0 Å². The molecule has 0 saturated heterocycles. The number of hydrogen-bond acceptors (Lipinski definition) is 3. The Bertz CT molecular complexity index is 391. The van der Waals surface area contributed by atoms with Crippen LogP contribution in [0.2, 0.25) is 0 Å². The minimum absolute atomic E-state index is 0.0312. The van der Waals surface area contributed by atoms with E-state index in [1.54, 1.807) is 0 Å². The van der Waals surface area contributed by atoms with Crippen LogP contribution in [0.25, 0.3) is 0 Å². The number of unbranched alkanes of at least 4 members (excludes halogenated alkanes) is 3. The maximum atomic E-state index is 9.32. The fourth-order valence-electron chi connectivity index (χ4n) is 2.15. The maximum Gasteiger partial charge on any atom is 0.214 e. The molecule has 1 N–H and O–H groups in total. The van der Waals surface area contributed by atoms with Crippen LogP contribution in [0.1, 0.15) is 77.0 Å². The number of aromatic nitrogens is 1. The molecule has 114 valence electrons. The fourth-order valence-corrected chi connectivity index (χ4v) is 2.15. The highest BCUT2D eigenvalue weighted by atomic mass is 16.5. The molecule has 1 atom stereocenters. The van der Waals surface area contributed by atoms with Gasteiger partial charge in [0.15, 0.2) is 0 Å². The summed E-state index contributed by atoms with van der Waals surface area (Å²) in [6.07, 6.45) is 6.25. The Morgan fingerprint density at radius 2 is 1.90 bits per heavy atom. The smallest absolute Gasteiger partial charge is 0.214 e.